The van der Waals surface area contributed by atoms with Gasteiger partial charge in [-0.25, -0.2) is 9.78 Å². The highest BCUT2D eigenvalue weighted by molar-refractivity contribution is 5.68. The number of alkyl carbamates (subject to hydrolysis) is 1. The fourth-order valence-corrected chi connectivity index (χ4v) is 2.45. The van der Waals surface area contributed by atoms with Crippen LogP contribution < -0.4 is 10.2 Å². The summed E-state index contributed by atoms with van der Waals surface area (Å²) in [5, 5.41) is 13.5. The lowest BCUT2D eigenvalue weighted by Crippen LogP contribution is -2.49. The van der Waals surface area contributed by atoms with E-state index in [1.165, 1.54) is 12.3 Å². The third kappa shape index (κ3) is 5.08. The van der Waals surface area contributed by atoms with Gasteiger partial charge in [0, 0.05) is 25.2 Å². The van der Waals surface area contributed by atoms with Crippen molar-refractivity contribution in [2.75, 3.05) is 18.0 Å². The second kappa shape index (κ2) is 6.80. The standard InChI is InChI=1S/C15H22N4O4/c1-15(2,3)23-14(20)17-11-5-4-8-18(10-11)13-7-6-12(9-16-13)19(21)22/h6-7,9,11H,4-5,8,10H2,1-3H3,(H,17,20)/t11-/m0/s1. The predicted molar refractivity (Wildman–Crippen MR) is 85.5 cm³/mol. The summed E-state index contributed by atoms with van der Waals surface area (Å²) in [5.41, 5.74) is -0.563. The number of ether oxygens (including phenoxy) is 1. The Kier molecular flexibility index (Phi) is 5.02. The van der Waals surface area contributed by atoms with Crippen molar-refractivity contribution in [2.24, 2.45) is 0 Å². The minimum absolute atomic E-state index is 0.0319. The van der Waals surface area contributed by atoms with Crippen LogP contribution in [0.3, 0.4) is 0 Å². The minimum atomic E-state index is -0.529. The van der Waals surface area contributed by atoms with E-state index in [0.717, 1.165) is 19.4 Å². The average Bonchev–Trinajstić information content (AvgIpc) is 2.45. The SMILES string of the molecule is CC(C)(C)OC(=O)N[C@H]1CCCN(c2ccc([N+](=O)[O-])cn2)C1. The fraction of sp³-hybridized carbons (Fsp3) is 0.600. The molecule has 0 unspecified atom stereocenters. The maximum atomic E-state index is 11.8. The van der Waals surface area contributed by atoms with Gasteiger partial charge in [-0.1, -0.05) is 0 Å². The number of nitro groups is 1. The molecule has 0 radical (unpaired) electrons. The second-order valence-corrected chi connectivity index (χ2v) is 6.56. The lowest BCUT2D eigenvalue weighted by Gasteiger charge is -2.34. The van der Waals surface area contributed by atoms with Crippen molar-refractivity contribution in [3.63, 3.8) is 0 Å². The first-order valence-electron chi connectivity index (χ1n) is 7.59. The van der Waals surface area contributed by atoms with Gasteiger partial charge < -0.3 is 15.0 Å². The number of rotatable bonds is 3. The van der Waals surface area contributed by atoms with Crippen molar-refractivity contribution in [2.45, 2.75) is 45.3 Å². The quantitative estimate of drug-likeness (QED) is 0.678. The van der Waals surface area contributed by atoms with Crippen LogP contribution >= 0.6 is 0 Å². The molecule has 1 atom stereocenters. The Hall–Kier alpha value is -2.38. The van der Waals surface area contributed by atoms with E-state index < -0.39 is 16.6 Å². The third-order valence-corrected chi connectivity index (χ3v) is 3.41. The number of nitrogens with zero attached hydrogens (tertiary/aromatic N) is 3. The summed E-state index contributed by atoms with van der Waals surface area (Å²) in [6.07, 6.45) is 2.59. The summed E-state index contributed by atoms with van der Waals surface area (Å²) in [7, 11) is 0. The Morgan fingerprint density at radius 3 is 2.78 bits per heavy atom. The van der Waals surface area contributed by atoms with Crippen LogP contribution in [-0.2, 0) is 4.74 Å². The lowest BCUT2D eigenvalue weighted by molar-refractivity contribution is -0.385. The lowest BCUT2D eigenvalue weighted by atomic mass is 10.1. The monoisotopic (exact) mass is 322 g/mol. The normalized spacial score (nSPS) is 18.4. The van der Waals surface area contributed by atoms with Gasteiger partial charge in [0.05, 0.1) is 4.92 Å². The Balaban J connectivity index is 1.95. The van der Waals surface area contributed by atoms with Gasteiger partial charge in [-0.2, -0.15) is 0 Å². The molecule has 8 nitrogen and oxygen atoms in total. The fourth-order valence-electron chi connectivity index (χ4n) is 2.45. The number of hydrogen-bond acceptors (Lipinski definition) is 6. The van der Waals surface area contributed by atoms with Gasteiger partial charge >= 0.3 is 6.09 Å². The van der Waals surface area contributed by atoms with Crippen LogP contribution in [0.2, 0.25) is 0 Å². The highest BCUT2D eigenvalue weighted by atomic mass is 16.6. The summed E-state index contributed by atoms with van der Waals surface area (Å²) < 4.78 is 5.26. The van der Waals surface area contributed by atoms with Gasteiger partial charge in [-0.15, -0.1) is 0 Å². The Bertz CT molecular complexity index is 568. The van der Waals surface area contributed by atoms with E-state index in [0.29, 0.717) is 12.4 Å². The summed E-state index contributed by atoms with van der Waals surface area (Å²) in [4.78, 5) is 28.2. The van der Waals surface area contributed by atoms with E-state index in [1.807, 2.05) is 25.7 Å². The van der Waals surface area contributed by atoms with E-state index in [-0.39, 0.29) is 11.7 Å². The number of carbonyl (C=O) groups excluding carboxylic acids is 1. The van der Waals surface area contributed by atoms with Crippen molar-refractivity contribution >= 4 is 17.6 Å². The molecule has 2 heterocycles. The minimum Gasteiger partial charge on any atom is -0.444 e. The van der Waals surface area contributed by atoms with Gasteiger partial charge in [0.15, 0.2) is 0 Å². The summed E-state index contributed by atoms with van der Waals surface area (Å²) in [6.45, 7) is 6.86. The molecule has 1 aromatic heterocycles. The molecule has 8 heteroatoms. The molecule has 2 rings (SSSR count). The van der Waals surface area contributed by atoms with Crippen molar-refractivity contribution < 1.29 is 14.5 Å². The zero-order valence-corrected chi connectivity index (χ0v) is 13.6. The number of carbonyl (C=O) groups is 1. The smallest absolute Gasteiger partial charge is 0.407 e. The first-order chi connectivity index (χ1) is 10.7. The maximum Gasteiger partial charge on any atom is 0.407 e. The number of hydrogen-bond donors (Lipinski definition) is 1. The molecule has 126 valence electrons. The first kappa shape index (κ1) is 17.0. The van der Waals surface area contributed by atoms with Crippen molar-refractivity contribution in [1.29, 1.82) is 0 Å². The zero-order chi connectivity index (χ0) is 17.0. The van der Waals surface area contributed by atoms with Crippen molar-refractivity contribution in [3.8, 4) is 0 Å². The van der Waals surface area contributed by atoms with E-state index in [1.54, 1.807) is 6.07 Å². The molecule has 1 N–H and O–H groups in total. The van der Waals surface area contributed by atoms with Crippen molar-refractivity contribution in [3.05, 3.63) is 28.4 Å². The van der Waals surface area contributed by atoms with E-state index >= 15 is 0 Å². The molecule has 1 fully saturated rings. The molecule has 1 aliphatic rings. The molecule has 23 heavy (non-hydrogen) atoms. The maximum absolute atomic E-state index is 11.8. The van der Waals surface area contributed by atoms with Gasteiger partial charge in [0.2, 0.25) is 0 Å². The summed E-state index contributed by atoms with van der Waals surface area (Å²) in [5.74, 6) is 0.672. The summed E-state index contributed by atoms with van der Waals surface area (Å²) >= 11 is 0. The number of aromatic nitrogens is 1. The van der Waals surface area contributed by atoms with Crippen LogP contribution in [0.5, 0.6) is 0 Å². The van der Waals surface area contributed by atoms with Gasteiger partial charge in [-0.3, -0.25) is 10.1 Å². The number of amides is 1. The third-order valence-electron chi connectivity index (χ3n) is 3.41. The molecule has 1 amide bonds. The topological polar surface area (TPSA) is 97.6 Å². The molecule has 0 bridgehead atoms. The van der Waals surface area contributed by atoms with Gasteiger partial charge in [0.25, 0.3) is 5.69 Å². The molecule has 1 saturated heterocycles. The average molecular weight is 322 g/mol. The molecule has 0 saturated carbocycles. The molecular formula is C15H22N4O4. The first-order valence-corrected chi connectivity index (χ1v) is 7.59. The number of nitrogens with one attached hydrogen (secondary N) is 1. The number of anilines is 1. The van der Waals surface area contributed by atoms with E-state index in [4.69, 9.17) is 4.74 Å². The molecular weight excluding hydrogens is 300 g/mol. The van der Waals surface area contributed by atoms with E-state index in [2.05, 4.69) is 10.3 Å². The highest BCUT2D eigenvalue weighted by Crippen LogP contribution is 2.20. The van der Waals surface area contributed by atoms with Crippen LogP contribution in [0.4, 0.5) is 16.3 Å². The second-order valence-electron chi connectivity index (χ2n) is 6.56. The van der Waals surface area contributed by atoms with Crippen LogP contribution in [0.1, 0.15) is 33.6 Å². The Labute approximate surface area is 135 Å². The predicted octanol–water partition coefficient (Wildman–Crippen LogP) is 2.48. The largest absolute Gasteiger partial charge is 0.444 e. The van der Waals surface area contributed by atoms with Crippen LogP contribution in [0.15, 0.2) is 18.3 Å². The molecule has 1 aliphatic heterocycles. The molecule has 1 aromatic rings. The van der Waals surface area contributed by atoms with Gasteiger partial charge in [0.1, 0.15) is 17.6 Å². The van der Waals surface area contributed by atoms with Crippen LogP contribution in [0.25, 0.3) is 0 Å². The Morgan fingerprint density at radius 2 is 2.22 bits per heavy atom. The molecule has 0 aliphatic carbocycles. The Morgan fingerprint density at radius 1 is 1.48 bits per heavy atom. The highest BCUT2D eigenvalue weighted by Gasteiger charge is 2.25. The zero-order valence-electron chi connectivity index (χ0n) is 13.6. The number of pyridine rings is 1. The van der Waals surface area contributed by atoms with Crippen LogP contribution in [-0.4, -0.2) is 40.7 Å². The van der Waals surface area contributed by atoms with Crippen molar-refractivity contribution in [1.82, 2.24) is 10.3 Å². The van der Waals surface area contributed by atoms with Gasteiger partial charge in [-0.05, 0) is 39.7 Å². The summed E-state index contributed by atoms with van der Waals surface area (Å²) in [6, 6.07) is 3.04. The molecule has 0 spiro atoms. The van der Waals surface area contributed by atoms with E-state index in [9.17, 15) is 14.9 Å². The molecule has 0 aromatic carbocycles. The number of piperidine rings is 1. The van der Waals surface area contributed by atoms with Crippen LogP contribution in [0, 0.1) is 10.1 Å².